The minimum absolute atomic E-state index is 0.0895. The molecule has 0 aliphatic rings. The molecule has 1 aromatic heterocycles. The highest BCUT2D eigenvalue weighted by Crippen LogP contribution is 2.27. The summed E-state index contributed by atoms with van der Waals surface area (Å²) in [4.78, 5) is 15.4. The SMILES string of the molecule is Cc1cc(C)cc(C(C)NC(=O)Nc2cc(Cl)c3cc[nH]c3c2)c1. The summed E-state index contributed by atoms with van der Waals surface area (Å²) >= 11 is 6.23. The molecule has 2 aromatic carbocycles. The molecule has 0 radical (unpaired) electrons. The summed E-state index contributed by atoms with van der Waals surface area (Å²) in [7, 11) is 0. The van der Waals surface area contributed by atoms with E-state index in [4.69, 9.17) is 11.6 Å². The fraction of sp³-hybridized carbons (Fsp3) is 0.211. The van der Waals surface area contributed by atoms with Crippen molar-refractivity contribution < 1.29 is 4.79 Å². The van der Waals surface area contributed by atoms with Crippen LogP contribution < -0.4 is 10.6 Å². The first kappa shape index (κ1) is 16.4. The van der Waals surface area contributed by atoms with Crippen LogP contribution in [0, 0.1) is 13.8 Å². The van der Waals surface area contributed by atoms with Gasteiger partial charge in [0.05, 0.1) is 11.1 Å². The number of halogens is 1. The standard InChI is InChI=1S/C19H20ClN3O/c1-11-6-12(2)8-14(7-11)13(3)22-19(24)23-15-9-17(20)16-4-5-21-18(16)10-15/h4-10,13,21H,1-3H3,(H2,22,23,24). The van der Waals surface area contributed by atoms with E-state index in [1.54, 1.807) is 6.07 Å². The lowest BCUT2D eigenvalue weighted by molar-refractivity contribution is 0.249. The number of carbonyl (C=O) groups excluding carboxylic acids is 1. The maximum absolute atomic E-state index is 12.3. The Labute approximate surface area is 146 Å². The molecule has 0 spiro atoms. The Morgan fingerprint density at radius 3 is 2.54 bits per heavy atom. The minimum atomic E-state index is -0.261. The molecule has 5 heteroatoms. The Bertz CT molecular complexity index is 881. The number of carbonyl (C=O) groups is 1. The summed E-state index contributed by atoms with van der Waals surface area (Å²) in [6.45, 7) is 6.07. The van der Waals surface area contributed by atoms with Crippen LogP contribution in [0.3, 0.4) is 0 Å². The molecule has 0 aliphatic carbocycles. The molecule has 1 heterocycles. The van der Waals surface area contributed by atoms with Crippen molar-refractivity contribution in [2.24, 2.45) is 0 Å². The molecule has 24 heavy (non-hydrogen) atoms. The van der Waals surface area contributed by atoms with Gasteiger partial charge in [0.15, 0.2) is 0 Å². The van der Waals surface area contributed by atoms with Crippen LogP contribution in [-0.2, 0) is 0 Å². The maximum atomic E-state index is 12.3. The minimum Gasteiger partial charge on any atom is -0.361 e. The third kappa shape index (κ3) is 3.54. The molecule has 0 aliphatic heterocycles. The van der Waals surface area contributed by atoms with Gasteiger partial charge in [-0.15, -0.1) is 0 Å². The molecule has 1 unspecified atom stereocenters. The molecule has 3 rings (SSSR count). The quantitative estimate of drug-likeness (QED) is 0.593. The lowest BCUT2D eigenvalue weighted by atomic mass is 10.0. The lowest BCUT2D eigenvalue weighted by Gasteiger charge is -2.16. The van der Waals surface area contributed by atoms with Gasteiger partial charge in [-0.05, 0) is 44.5 Å². The highest BCUT2D eigenvalue weighted by Gasteiger charge is 2.11. The topological polar surface area (TPSA) is 56.9 Å². The van der Waals surface area contributed by atoms with E-state index in [1.807, 2.05) is 25.3 Å². The number of benzene rings is 2. The third-order valence-electron chi connectivity index (χ3n) is 3.97. The van der Waals surface area contributed by atoms with Crippen molar-refractivity contribution in [3.05, 3.63) is 64.3 Å². The number of urea groups is 1. The van der Waals surface area contributed by atoms with Crippen molar-refractivity contribution in [2.75, 3.05) is 5.32 Å². The summed E-state index contributed by atoms with van der Waals surface area (Å²) in [5.41, 5.74) is 4.99. The van der Waals surface area contributed by atoms with Gasteiger partial charge in [-0.2, -0.15) is 0 Å². The second-order valence-corrected chi connectivity index (χ2v) is 6.55. The predicted octanol–water partition coefficient (Wildman–Crippen LogP) is 5.32. The van der Waals surface area contributed by atoms with E-state index in [-0.39, 0.29) is 12.1 Å². The number of hydrogen-bond acceptors (Lipinski definition) is 1. The Balaban J connectivity index is 1.72. The van der Waals surface area contributed by atoms with E-state index in [0.717, 1.165) is 16.5 Å². The largest absolute Gasteiger partial charge is 0.361 e. The summed E-state index contributed by atoms with van der Waals surface area (Å²) in [5.74, 6) is 0. The molecule has 0 saturated heterocycles. The smallest absolute Gasteiger partial charge is 0.319 e. The van der Waals surface area contributed by atoms with Gasteiger partial charge >= 0.3 is 6.03 Å². The van der Waals surface area contributed by atoms with Crippen LogP contribution in [-0.4, -0.2) is 11.0 Å². The molecule has 1 atom stereocenters. The van der Waals surface area contributed by atoms with Crippen molar-refractivity contribution >= 4 is 34.2 Å². The van der Waals surface area contributed by atoms with Gasteiger partial charge in [-0.1, -0.05) is 40.9 Å². The van der Waals surface area contributed by atoms with Crippen LogP contribution in [0.15, 0.2) is 42.6 Å². The summed E-state index contributed by atoms with van der Waals surface area (Å²) in [6.07, 6.45) is 1.82. The van der Waals surface area contributed by atoms with Crippen LogP contribution in [0.5, 0.6) is 0 Å². The number of H-pyrrole nitrogens is 1. The number of amides is 2. The van der Waals surface area contributed by atoms with Crippen molar-refractivity contribution in [1.82, 2.24) is 10.3 Å². The lowest BCUT2D eigenvalue weighted by Crippen LogP contribution is -2.31. The Morgan fingerprint density at radius 2 is 1.83 bits per heavy atom. The number of rotatable bonds is 3. The summed E-state index contributed by atoms with van der Waals surface area (Å²) in [5, 5.41) is 7.34. The van der Waals surface area contributed by atoms with Crippen LogP contribution >= 0.6 is 11.6 Å². The molecule has 3 aromatic rings. The second-order valence-electron chi connectivity index (χ2n) is 6.14. The van der Waals surface area contributed by atoms with Crippen molar-refractivity contribution in [2.45, 2.75) is 26.8 Å². The van der Waals surface area contributed by atoms with Gasteiger partial charge in [0.2, 0.25) is 0 Å². The monoisotopic (exact) mass is 341 g/mol. The van der Waals surface area contributed by atoms with Crippen molar-refractivity contribution in [3.63, 3.8) is 0 Å². The average Bonchev–Trinajstić information content (AvgIpc) is 2.94. The number of aryl methyl sites for hydroxylation is 2. The summed E-state index contributed by atoms with van der Waals surface area (Å²) < 4.78 is 0. The molecule has 0 fully saturated rings. The van der Waals surface area contributed by atoms with E-state index in [2.05, 4.69) is 47.7 Å². The molecule has 124 valence electrons. The van der Waals surface area contributed by atoms with E-state index in [1.165, 1.54) is 11.1 Å². The zero-order valence-electron chi connectivity index (χ0n) is 13.9. The molecule has 2 amide bonds. The van der Waals surface area contributed by atoms with Crippen molar-refractivity contribution in [3.8, 4) is 0 Å². The normalized spacial score (nSPS) is 12.2. The van der Waals surface area contributed by atoms with Crippen LogP contribution in [0.2, 0.25) is 5.02 Å². The number of fused-ring (bicyclic) bond motifs is 1. The summed E-state index contributed by atoms with van der Waals surface area (Å²) in [6, 6.07) is 11.4. The number of hydrogen-bond donors (Lipinski definition) is 3. The van der Waals surface area contributed by atoms with Crippen molar-refractivity contribution in [1.29, 1.82) is 0 Å². The fourth-order valence-corrected chi connectivity index (χ4v) is 3.18. The number of aromatic nitrogens is 1. The zero-order valence-corrected chi connectivity index (χ0v) is 14.7. The number of nitrogens with one attached hydrogen (secondary N) is 3. The van der Waals surface area contributed by atoms with Gasteiger partial charge in [0, 0.05) is 22.8 Å². The Morgan fingerprint density at radius 1 is 1.12 bits per heavy atom. The first-order valence-electron chi connectivity index (χ1n) is 7.85. The highest BCUT2D eigenvalue weighted by molar-refractivity contribution is 6.35. The highest BCUT2D eigenvalue weighted by atomic mass is 35.5. The van der Waals surface area contributed by atoms with Gasteiger partial charge in [0.1, 0.15) is 0 Å². The van der Waals surface area contributed by atoms with E-state index < -0.39 is 0 Å². The Hall–Kier alpha value is -2.46. The maximum Gasteiger partial charge on any atom is 0.319 e. The van der Waals surface area contributed by atoms with E-state index in [9.17, 15) is 4.79 Å². The molecule has 0 bridgehead atoms. The molecule has 4 nitrogen and oxygen atoms in total. The first-order valence-corrected chi connectivity index (χ1v) is 8.22. The van der Waals surface area contributed by atoms with Crippen LogP contribution in [0.1, 0.15) is 29.7 Å². The number of aromatic amines is 1. The van der Waals surface area contributed by atoms with Crippen LogP contribution in [0.4, 0.5) is 10.5 Å². The van der Waals surface area contributed by atoms with Gasteiger partial charge in [-0.25, -0.2) is 4.79 Å². The second kappa shape index (κ2) is 6.57. The van der Waals surface area contributed by atoms with Gasteiger partial charge in [-0.3, -0.25) is 0 Å². The third-order valence-corrected chi connectivity index (χ3v) is 4.28. The van der Waals surface area contributed by atoms with Gasteiger partial charge < -0.3 is 15.6 Å². The number of anilines is 1. The average molecular weight is 342 g/mol. The van der Waals surface area contributed by atoms with E-state index in [0.29, 0.717) is 10.7 Å². The predicted molar refractivity (Wildman–Crippen MR) is 99.8 cm³/mol. The molecule has 0 saturated carbocycles. The molecular weight excluding hydrogens is 322 g/mol. The zero-order chi connectivity index (χ0) is 17.3. The Kier molecular flexibility index (Phi) is 4.49. The molecule has 3 N–H and O–H groups in total. The molecular formula is C19H20ClN3O. The first-order chi connectivity index (χ1) is 11.4. The van der Waals surface area contributed by atoms with E-state index >= 15 is 0 Å². The fourth-order valence-electron chi connectivity index (χ4n) is 2.90. The van der Waals surface area contributed by atoms with Gasteiger partial charge in [0.25, 0.3) is 0 Å². The van der Waals surface area contributed by atoms with Crippen LogP contribution in [0.25, 0.3) is 10.9 Å².